The van der Waals surface area contributed by atoms with Crippen molar-refractivity contribution >= 4 is 34.3 Å². The minimum Gasteiger partial charge on any atom is -0.325 e. The van der Waals surface area contributed by atoms with E-state index in [1.165, 1.54) is 50.3 Å². The highest BCUT2D eigenvalue weighted by molar-refractivity contribution is 7.99. The maximum atomic E-state index is 13.0. The van der Waals surface area contributed by atoms with Gasteiger partial charge in [0.2, 0.25) is 5.91 Å². The van der Waals surface area contributed by atoms with Gasteiger partial charge in [0.25, 0.3) is 0 Å². The van der Waals surface area contributed by atoms with Crippen LogP contribution in [0.15, 0.2) is 72.0 Å². The molecule has 0 saturated heterocycles. The van der Waals surface area contributed by atoms with Gasteiger partial charge in [-0.1, -0.05) is 48.2 Å². The predicted octanol–water partition coefficient (Wildman–Crippen LogP) is 6.01. The molecule has 0 radical (unpaired) electrons. The standard InChI is InChI=1S/C29H29N5OS/c35-26(31-25-10-11-30-24-9-5-4-8-23(24)25)18-36-28-33-32-27(34(28)22-6-2-1-3-7-22)29-15-19-12-20(16-29)14-21(13-19)17-29/h1-11,19-21H,12-18H2,(H,30,31,35). The highest BCUT2D eigenvalue weighted by atomic mass is 32.2. The Morgan fingerprint density at radius 2 is 1.61 bits per heavy atom. The smallest absolute Gasteiger partial charge is 0.234 e. The summed E-state index contributed by atoms with van der Waals surface area (Å²) in [5, 5.41) is 14.3. The zero-order valence-corrected chi connectivity index (χ0v) is 21.0. The van der Waals surface area contributed by atoms with Gasteiger partial charge in [-0.25, -0.2) is 0 Å². The summed E-state index contributed by atoms with van der Waals surface area (Å²) in [7, 11) is 0. The second-order valence-corrected chi connectivity index (χ2v) is 11.8. The van der Waals surface area contributed by atoms with E-state index in [-0.39, 0.29) is 17.1 Å². The summed E-state index contributed by atoms with van der Waals surface area (Å²) >= 11 is 1.46. The molecular weight excluding hydrogens is 466 g/mol. The van der Waals surface area contributed by atoms with Gasteiger partial charge in [0.05, 0.1) is 17.0 Å². The number of thioether (sulfide) groups is 1. The normalized spacial score (nSPS) is 26.4. The molecule has 182 valence electrons. The molecule has 0 unspecified atom stereocenters. The van der Waals surface area contributed by atoms with Gasteiger partial charge >= 0.3 is 0 Å². The van der Waals surface area contributed by atoms with Crippen LogP contribution < -0.4 is 5.32 Å². The average Bonchev–Trinajstić information content (AvgIpc) is 3.33. The number of hydrogen-bond donors (Lipinski definition) is 1. The van der Waals surface area contributed by atoms with E-state index < -0.39 is 0 Å². The maximum Gasteiger partial charge on any atom is 0.234 e. The number of hydrogen-bond acceptors (Lipinski definition) is 5. The molecule has 1 N–H and O–H groups in total. The lowest BCUT2D eigenvalue weighted by atomic mass is 9.49. The van der Waals surface area contributed by atoms with Crippen LogP contribution in [0.2, 0.25) is 0 Å². The molecule has 4 saturated carbocycles. The van der Waals surface area contributed by atoms with Crippen LogP contribution in [0.4, 0.5) is 5.69 Å². The Labute approximate surface area is 214 Å². The number of aromatic nitrogens is 4. The fourth-order valence-corrected chi connectivity index (χ4v) is 8.17. The number of pyridine rings is 1. The largest absolute Gasteiger partial charge is 0.325 e. The van der Waals surface area contributed by atoms with Crippen molar-refractivity contribution in [2.24, 2.45) is 17.8 Å². The molecule has 7 heteroatoms. The molecule has 8 rings (SSSR count). The molecule has 4 aliphatic rings. The van der Waals surface area contributed by atoms with Crippen LogP contribution >= 0.6 is 11.8 Å². The number of carbonyl (C=O) groups is 1. The second kappa shape index (κ2) is 8.73. The first kappa shape index (κ1) is 22.0. The van der Waals surface area contributed by atoms with E-state index in [4.69, 9.17) is 5.10 Å². The van der Waals surface area contributed by atoms with Gasteiger partial charge in [-0.05, 0) is 80.5 Å². The van der Waals surface area contributed by atoms with E-state index in [1.54, 1.807) is 6.20 Å². The molecule has 1 amide bonds. The second-order valence-electron chi connectivity index (χ2n) is 10.9. The number of amides is 1. The van der Waals surface area contributed by atoms with Crippen LogP contribution in [-0.2, 0) is 10.2 Å². The number of nitrogens with zero attached hydrogens (tertiary/aromatic N) is 4. The number of fused-ring (bicyclic) bond motifs is 1. The van der Waals surface area contributed by atoms with Crippen LogP contribution in [0.1, 0.15) is 44.3 Å². The molecule has 2 heterocycles. The lowest BCUT2D eigenvalue weighted by Crippen LogP contribution is -2.49. The van der Waals surface area contributed by atoms with E-state index >= 15 is 0 Å². The monoisotopic (exact) mass is 495 g/mol. The third-order valence-electron chi connectivity index (χ3n) is 8.42. The minimum absolute atomic E-state index is 0.0599. The number of benzene rings is 2. The first-order chi connectivity index (χ1) is 17.7. The van der Waals surface area contributed by atoms with Gasteiger partial charge in [-0.3, -0.25) is 14.3 Å². The lowest BCUT2D eigenvalue weighted by Gasteiger charge is -2.56. The Hall–Kier alpha value is -3.19. The fraction of sp³-hybridized carbons (Fsp3) is 0.379. The quantitative estimate of drug-likeness (QED) is 0.332. The van der Waals surface area contributed by atoms with Crippen molar-refractivity contribution in [1.82, 2.24) is 19.7 Å². The van der Waals surface area contributed by atoms with Crippen molar-refractivity contribution in [2.45, 2.75) is 49.1 Å². The number of carbonyl (C=O) groups excluding carboxylic acids is 1. The molecule has 4 aromatic rings. The molecule has 0 aliphatic heterocycles. The van der Waals surface area contributed by atoms with Crippen molar-refractivity contribution in [3.63, 3.8) is 0 Å². The number of para-hydroxylation sites is 2. The summed E-state index contributed by atoms with van der Waals surface area (Å²) in [4.78, 5) is 17.4. The summed E-state index contributed by atoms with van der Waals surface area (Å²) in [5.74, 6) is 3.80. The van der Waals surface area contributed by atoms with Crippen LogP contribution in [0, 0.1) is 17.8 Å². The predicted molar refractivity (Wildman–Crippen MR) is 142 cm³/mol. The number of rotatable bonds is 6. The van der Waals surface area contributed by atoms with E-state index in [0.29, 0.717) is 0 Å². The van der Waals surface area contributed by atoms with Gasteiger partial charge < -0.3 is 5.32 Å². The Kier molecular flexibility index (Phi) is 5.35. The van der Waals surface area contributed by atoms with Crippen LogP contribution in [0.3, 0.4) is 0 Å². The minimum atomic E-state index is -0.0599. The molecule has 4 aliphatic carbocycles. The zero-order chi connectivity index (χ0) is 24.1. The SMILES string of the molecule is O=C(CSc1nnc(C23CC4CC(CC(C4)C2)C3)n1-c1ccccc1)Nc1ccnc2ccccc12. The van der Waals surface area contributed by atoms with Crippen molar-refractivity contribution < 1.29 is 4.79 Å². The topological polar surface area (TPSA) is 72.7 Å². The Morgan fingerprint density at radius 1 is 0.917 bits per heavy atom. The summed E-state index contributed by atoms with van der Waals surface area (Å²) in [6, 6.07) is 20.1. The van der Waals surface area contributed by atoms with Crippen LogP contribution in [0.5, 0.6) is 0 Å². The van der Waals surface area contributed by atoms with Crippen molar-refractivity contribution in [1.29, 1.82) is 0 Å². The third-order valence-corrected chi connectivity index (χ3v) is 9.34. The first-order valence-corrected chi connectivity index (χ1v) is 13.9. The van der Waals surface area contributed by atoms with E-state index in [9.17, 15) is 4.79 Å². The summed E-state index contributed by atoms with van der Waals surface area (Å²) < 4.78 is 2.24. The van der Waals surface area contributed by atoms with Crippen molar-refractivity contribution in [3.05, 3.63) is 72.7 Å². The zero-order valence-electron chi connectivity index (χ0n) is 20.1. The highest BCUT2D eigenvalue weighted by Crippen LogP contribution is 2.60. The Morgan fingerprint density at radius 3 is 2.36 bits per heavy atom. The van der Waals surface area contributed by atoms with E-state index in [2.05, 4.69) is 44.2 Å². The maximum absolute atomic E-state index is 13.0. The molecule has 0 spiro atoms. The first-order valence-electron chi connectivity index (χ1n) is 12.9. The van der Waals surface area contributed by atoms with Gasteiger partial charge in [0.1, 0.15) is 5.82 Å². The van der Waals surface area contributed by atoms with Crippen LogP contribution in [-0.4, -0.2) is 31.4 Å². The van der Waals surface area contributed by atoms with Gasteiger partial charge in [0.15, 0.2) is 5.16 Å². The molecule has 4 bridgehead atoms. The Balaban J connectivity index is 1.17. The van der Waals surface area contributed by atoms with Crippen LogP contribution in [0.25, 0.3) is 16.6 Å². The van der Waals surface area contributed by atoms with Crippen molar-refractivity contribution in [2.75, 3.05) is 11.1 Å². The Bertz CT molecular complexity index is 1390. The van der Waals surface area contributed by atoms with Gasteiger partial charge in [-0.15, -0.1) is 10.2 Å². The van der Waals surface area contributed by atoms with Gasteiger partial charge in [0, 0.05) is 22.7 Å². The third kappa shape index (κ3) is 3.81. The lowest BCUT2D eigenvalue weighted by molar-refractivity contribution is -0.113. The molecule has 2 aromatic heterocycles. The summed E-state index contributed by atoms with van der Waals surface area (Å²) in [5.41, 5.74) is 2.85. The molecular formula is C29H29N5OS. The fourth-order valence-electron chi connectivity index (χ4n) is 7.42. The molecule has 6 nitrogen and oxygen atoms in total. The molecule has 2 aromatic carbocycles. The number of anilines is 1. The highest BCUT2D eigenvalue weighted by Gasteiger charge is 2.54. The van der Waals surface area contributed by atoms with E-state index in [1.807, 2.05) is 36.4 Å². The summed E-state index contributed by atoms with van der Waals surface area (Å²) in [6.45, 7) is 0. The summed E-state index contributed by atoms with van der Waals surface area (Å²) in [6.07, 6.45) is 9.59. The molecule has 4 fully saturated rings. The number of nitrogens with one attached hydrogen (secondary N) is 1. The van der Waals surface area contributed by atoms with Gasteiger partial charge in [-0.2, -0.15) is 0 Å². The van der Waals surface area contributed by atoms with Crippen molar-refractivity contribution in [3.8, 4) is 5.69 Å². The van der Waals surface area contributed by atoms with E-state index in [0.717, 1.165) is 51.0 Å². The molecule has 0 atom stereocenters. The molecule has 36 heavy (non-hydrogen) atoms. The average molecular weight is 496 g/mol.